The summed E-state index contributed by atoms with van der Waals surface area (Å²) >= 11 is 11.6. The van der Waals surface area contributed by atoms with Crippen molar-refractivity contribution >= 4 is 45.5 Å². The van der Waals surface area contributed by atoms with Crippen LogP contribution in [0.1, 0.15) is 45.0 Å². The molecule has 2 atom stereocenters. The fourth-order valence-electron chi connectivity index (χ4n) is 2.62. The second kappa shape index (κ2) is 9.06. The average Bonchev–Trinajstić information content (AvgIpc) is 2.66. The second-order valence-corrected chi connectivity index (χ2v) is 10.4. The van der Waals surface area contributed by atoms with E-state index in [0.29, 0.717) is 28.0 Å². The van der Waals surface area contributed by atoms with Gasteiger partial charge in [-0.05, 0) is 52.0 Å². The lowest BCUT2D eigenvalue weighted by Crippen LogP contribution is -2.40. The van der Waals surface area contributed by atoms with E-state index in [4.69, 9.17) is 27.9 Å². The molecule has 0 bridgehead atoms. The standard InChI is InChI=1S/C21H23Cl2N3O2S/c1-13(26-29(27)21(2,3)4)16-9-14-10-17(22)19(11-18(14)25-20(16)23)28-12-15-7-5-6-8-24-15/h5-11,13,26H,12H2,1-4H3/t13-,29-/m1/s1. The first-order chi connectivity index (χ1) is 13.6. The first-order valence-electron chi connectivity index (χ1n) is 9.15. The van der Waals surface area contributed by atoms with Crippen molar-refractivity contribution in [3.05, 3.63) is 64.0 Å². The van der Waals surface area contributed by atoms with E-state index >= 15 is 0 Å². The molecule has 0 aliphatic carbocycles. The number of pyridine rings is 2. The number of benzene rings is 1. The van der Waals surface area contributed by atoms with Gasteiger partial charge in [0.05, 0.1) is 22.3 Å². The smallest absolute Gasteiger partial charge is 0.140 e. The summed E-state index contributed by atoms with van der Waals surface area (Å²) in [5.41, 5.74) is 2.23. The molecule has 0 saturated carbocycles. The Labute approximate surface area is 184 Å². The fraction of sp³-hybridized carbons (Fsp3) is 0.333. The molecule has 0 spiro atoms. The number of nitrogens with zero attached hydrogens (tertiary/aromatic N) is 2. The van der Waals surface area contributed by atoms with E-state index in [9.17, 15) is 4.55 Å². The van der Waals surface area contributed by atoms with Gasteiger partial charge in [0.25, 0.3) is 0 Å². The van der Waals surface area contributed by atoms with Crippen molar-refractivity contribution in [2.75, 3.05) is 0 Å². The highest BCUT2D eigenvalue weighted by atomic mass is 35.5. The zero-order valence-corrected chi connectivity index (χ0v) is 19.0. The van der Waals surface area contributed by atoms with Gasteiger partial charge < -0.3 is 9.29 Å². The van der Waals surface area contributed by atoms with E-state index in [1.165, 1.54) is 0 Å². The van der Waals surface area contributed by atoms with Crippen LogP contribution in [-0.4, -0.2) is 19.3 Å². The lowest BCUT2D eigenvalue weighted by molar-refractivity contribution is 0.302. The van der Waals surface area contributed by atoms with E-state index in [0.717, 1.165) is 16.6 Å². The summed E-state index contributed by atoms with van der Waals surface area (Å²) in [6, 6.07) is 10.9. The molecule has 3 rings (SSSR count). The Morgan fingerprint density at radius 1 is 1.21 bits per heavy atom. The summed E-state index contributed by atoms with van der Waals surface area (Å²) in [6.07, 6.45) is 1.71. The number of rotatable bonds is 6. The Hall–Kier alpha value is -1.57. The predicted molar refractivity (Wildman–Crippen MR) is 120 cm³/mol. The molecule has 1 N–H and O–H groups in total. The summed E-state index contributed by atoms with van der Waals surface area (Å²) in [7, 11) is 0. The van der Waals surface area contributed by atoms with Crippen LogP contribution >= 0.6 is 23.2 Å². The molecule has 2 aromatic heterocycles. The summed E-state index contributed by atoms with van der Waals surface area (Å²) in [4.78, 5) is 8.73. The molecule has 0 saturated heterocycles. The third-order valence-corrected chi connectivity index (χ3v) is 6.54. The molecule has 0 fully saturated rings. The largest absolute Gasteiger partial charge is 0.598 e. The Morgan fingerprint density at radius 3 is 2.62 bits per heavy atom. The molecule has 5 nitrogen and oxygen atoms in total. The van der Waals surface area contributed by atoms with Gasteiger partial charge in [0.2, 0.25) is 0 Å². The van der Waals surface area contributed by atoms with E-state index in [-0.39, 0.29) is 10.8 Å². The normalized spacial score (nSPS) is 14.0. The lowest BCUT2D eigenvalue weighted by atomic mass is 10.1. The van der Waals surface area contributed by atoms with Crippen LogP contribution in [-0.2, 0) is 18.0 Å². The van der Waals surface area contributed by atoms with Crippen LogP contribution in [0.15, 0.2) is 42.6 Å². The summed E-state index contributed by atoms with van der Waals surface area (Å²) in [5.74, 6) is 0.515. The number of ether oxygens (including phenoxy) is 1. The van der Waals surface area contributed by atoms with Crippen molar-refractivity contribution < 1.29 is 9.29 Å². The Bertz CT molecular complexity index is 997. The third-order valence-electron chi connectivity index (χ3n) is 4.26. The van der Waals surface area contributed by atoms with Crippen molar-refractivity contribution in [1.29, 1.82) is 0 Å². The van der Waals surface area contributed by atoms with E-state index in [1.807, 2.05) is 52.0 Å². The van der Waals surface area contributed by atoms with Crippen molar-refractivity contribution in [3.8, 4) is 5.75 Å². The number of fused-ring (bicyclic) bond motifs is 1. The number of hydrogen-bond acceptors (Lipinski definition) is 5. The summed E-state index contributed by atoms with van der Waals surface area (Å²) in [5, 5.41) is 1.65. The summed E-state index contributed by atoms with van der Waals surface area (Å²) in [6.45, 7) is 7.95. The van der Waals surface area contributed by atoms with Gasteiger partial charge in [-0.1, -0.05) is 29.3 Å². The highest BCUT2D eigenvalue weighted by Crippen LogP contribution is 2.33. The number of aromatic nitrogens is 2. The maximum absolute atomic E-state index is 12.4. The van der Waals surface area contributed by atoms with Crippen molar-refractivity contribution in [2.45, 2.75) is 45.1 Å². The molecule has 0 aliphatic rings. The quantitative estimate of drug-likeness (QED) is 0.388. The molecule has 2 heterocycles. The van der Waals surface area contributed by atoms with Gasteiger partial charge in [-0.2, -0.15) is 0 Å². The maximum atomic E-state index is 12.4. The Morgan fingerprint density at radius 2 is 1.97 bits per heavy atom. The average molecular weight is 452 g/mol. The zero-order valence-electron chi connectivity index (χ0n) is 16.7. The number of halogens is 2. The molecule has 0 aliphatic heterocycles. The first-order valence-corrected chi connectivity index (χ1v) is 11.1. The molecule has 8 heteroatoms. The van der Waals surface area contributed by atoms with Crippen molar-refractivity contribution in [3.63, 3.8) is 0 Å². The molecule has 0 amide bonds. The molecule has 29 heavy (non-hydrogen) atoms. The maximum Gasteiger partial charge on any atom is 0.140 e. The monoisotopic (exact) mass is 451 g/mol. The van der Waals surface area contributed by atoms with E-state index in [2.05, 4.69) is 14.7 Å². The third kappa shape index (κ3) is 5.53. The molecule has 0 radical (unpaired) electrons. The minimum atomic E-state index is -1.23. The van der Waals surface area contributed by atoms with Gasteiger partial charge in [0.15, 0.2) is 0 Å². The van der Waals surface area contributed by atoms with Crippen LogP contribution in [0.25, 0.3) is 10.9 Å². The zero-order chi connectivity index (χ0) is 21.2. The van der Waals surface area contributed by atoms with E-state index in [1.54, 1.807) is 18.3 Å². The minimum Gasteiger partial charge on any atom is -0.598 e. The second-order valence-electron chi connectivity index (χ2n) is 7.67. The SMILES string of the molecule is C[C@@H](N[S@+]([O-])C(C)(C)C)c1cc2cc(Cl)c(OCc3ccccn3)cc2nc1Cl. The van der Waals surface area contributed by atoms with Crippen LogP contribution in [0.2, 0.25) is 10.2 Å². The van der Waals surface area contributed by atoms with Gasteiger partial charge in [0.1, 0.15) is 22.3 Å². The van der Waals surface area contributed by atoms with Crippen LogP contribution in [0.3, 0.4) is 0 Å². The fourth-order valence-corrected chi connectivity index (χ4v) is 3.96. The Balaban J connectivity index is 1.84. The van der Waals surface area contributed by atoms with Gasteiger partial charge >= 0.3 is 0 Å². The van der Waals surface area contributed by atoms with Crippen LogP contribution in [0.5, 0.6) is 5.75 Å². The predicted octanol–water partition coefficient (Wildman–Crippen LogP) is 5.63. The van der Waals surface area contributed by atoms with Gasteiger partial charge in [0, 0.05) is 34.6 Å². The van der Waals surface area contributed by atoms with Gasteiger partial charge in [-0.3, -0.25) is 4.98 Å². The topological polar surface area (TPSA) is 70.1 Å². The van der Waals surface area contributed by atoms with Crippen molar-refractivity contribution in [1.82, 2.24) is 14.7 Å². The lowest BCUT2D eigenvalue weighted by Gasteiger charge is -2.26. The van der Waals surface area contributed by atoms with Gasteiger partial charge in [-0.25, -0.2) is 4.98 Å². The Kier molecular flexibility index (Phi) is 6.91. The number of nitrogens with one attached hydrogen (secondary N) is 1. The van der Waals surface area contributed by atoms with E-state index < -0.39 is 11.4 Å². The van der Waals surface area contributed by atoms with Crippen molar-refractivity contribution in [2.24, 2.45) is 0 Å². The molecular weight excluding hydrogens is 429 g/mol. The highest BCUT2D eigenvalue weighted by molar-refractivity contribution is 7.90. The van der Waals surface area contributed by atoms with Gasteiger partial charge in [-0.15, -0.1) is 4.72 Å². The molecule has 3 aromatic rings. The highest BCUT2D eigenvalue weighted by Gasteiger charge is 2.29. The first kappa shape index (κ1) is 22.1. The molecule has 0 unspecified atom stereocenters. The van der Waals surface area contributed by atoms with Crippen LogP contribution in [0.4, 0.5) is 0 Å². The van der Waals surface area contributed by atoms with Crippen LogP contribution in [0, 0.1) is 0 Å². The molecule has 154 valence electrons. The summed E-state index contributed by atoms with van der Waals surface area (Å²) < 4.78 is 20.9. The molecule has 1 aromatic carbocycles. The molecular formula is C21H23Cl2N3O2S. The minimum absolute atomic E-state index is 0.238. The van der Waals surface area contributed by atoms with Crippen LogP contribution < -0.4 is 9.46 Å². The number of hydrogen-bond donors (Lipinski definition) is 1.